The number of carbonyl (C=O) groups excluding carboxylic acids is 3. The van der Waals surface area contributed by atoms with E-state index in [1.807, 2.05) is 0 Å². The lowest BCUT2D eigenvalue weighted by Gasteiger charge is -2.34. The van der Waals surface area contributed by atoms with Gasteiger partial charge in [-0.2, -0.15) is 0 Å². The number of ether oxygens (including phenoxy) is 1. The van der Waals surface area contributed by atoms with Gasteiger partial charge in [0.1, 0.15) is 18.3 Å². The van der Waals surface area contributed by atoms with Crippen LogP contribution in [0.5, 0.6) is 5.75 Å². The van der Waals surface area contributed by atoms with Crippen LogP contribution in [-0.4, -0.2) is 48.9 Å². The SMILES string of the molecule is COc1ccc(NC(=O)CN2C(=O)[C@@H]3CCCCN3C(=O)c3ccccc32)cc1. The van der Waals surface area contributed by atoms with Crippen LogP contribution >= 0.6 is 0 Å². The summed E-state index contributed by atoms with van der Waals surface area (Å²) in [5.74, 6) is 0.0233. The van der Waals surface area contributed by atoms with Crippen LogP contribution in [0.15, 0.2) is 48.5 Å². The Morgan fingerprint density at radius 3 is 2.62 bits per heavy atom. The minimum absolute atomic E-state index is 0.142. The van der Waals surface area contributed by atoms with E-state index in [0.29, 0.717) is 35.7 Å². The Morgan fingerprint density at radius 2 is 1.86 bits per heavy atom. The molecular weight excluding hydrogens is 370 g/mol. The molecule has 0 aliphatic carbocycles. The predicted molar refractivity (Wildman–Crippen MR) is 109 cm³/mol. The molecule has 2 heterocycles. The van der Waals surface area contributed by atoms with Crippen LogP contribution in [0.25, 0.3) is 0 Å². The van der Waals surface area contributed by atoms with E-state index >= 15 is 0 Å². The van der Waals surface area contributed by atoms with Crippen molar-refractivity contribution in [3.8, 4) is 5.75 Å². The fraction of sp³-hybridized carbons (Fsp3) is 0.318. The van der Waals surface area contributed by atoms with Crippen molar-refractivity contribution in [3.63, 3.8) is 0 Å². The number of carbonyl (C=O) groups is 3. The second-order valence-corrected chi connectivity index (χ2v) is 7.23. The minimum atomic E-state index is -0.516. The van der Waals surface area contributed by atoms with Gasteiger partial charge in [0.15, 0.2) is 0 Å². The van der Waals surface area contributed by atoms with Crippen molar-refractivity contribution < 1.29 is 19.1 Å². The predicted octanol–water partition coefficient (Wildman–Crippen LogP) is 2.68. The molecule has 150 valence electrons. The number of piperidine rings is 1. The molecule has 2 aliphatic rings. The Bertz CT molecular complexity index is 941. The summed E-state index contributed by atoms with van der Waals surface area (Å²) in [7, 11) is 1.58. The highest BCUT2D eigenvalue weighted by Crippen LogP contribution is 2.31. The highest BCUT2D eigenvalue weighted by atomic mass is 16.5. The number of hydrogen-bond acceptors (Lipinski definition) is 4. The number of fused-ring (bicyclic) bond motifs is 2. The first-order valence-corrected chi connectivity index (χ1v) is 9.74. The van der Waals surface area contributed by atoms with Crippen LogP contribution in [0, 0.1) is 0 Å². The Labute approximate surface area is 169 Å². The number of benzene rings is 2. The molecule has 7 nitrogen and oxygen atoms in total. The summed E-state index contributed by atoms with van der Waals surface area (Å²) in [5, 5.41) is 2.81. The Morgan fingerprint density at radius 1 is 1.10 bits per heavy atom. The zero-order valence-corrected chi connectivity index (χ0v) is 16.3. The molecule has 3 amide bonds. The smallest absolute Gasteiger partial charge is 0.256 e. The molecule has 0 saturated carbocycles. The molecule has 1 N–H and O–H groups in total. The number of amides is 3. The van der Waals surface area contributed by atoms with Crippen molar-refractivity contribution in [2.45, 2.75) is 25.3 Å². The molecule has 0 unspecified atom stereocenters. The summed E-state index contributed by atoms with van der Waals surface area (Å²) in [4.78, 5) is 42.1. The van der Waals surface area contributed by atoms with Gasteiger partial charge in [-0.3, -0.25) is 14.4 Å². The lowest BCUT2D eigenvalue weighted by Crippen LogP contribution is -2.52. The Hall–Kier alpha value is -3.35. The van der Waals surface area contributed by atoms with E-state index in [-0.39, 0.29) is 24.3 Å². The number of methoxy groups -OCH3 is 1. The highest BCUT2D eigenvalue weighted by Gasteiger charge is 2.40. The van der Waals surface area contributed by atoms with Crippen molar-refractivity contribution in [3.05, 3.63) is 54.1 Å². The molecule has 0 bridgehead atoms. The number of hydrogen-bond donors (Lipinski definition) is 1. The summed E-state index contributed by atoms with van der Waals surface area (Å²) in [6.07, 6.45) is 2.40. The number of anilines is 2. The molecular formula is C22H23N3O4. The first kappa shape index (κ1) is 19.0. The average molecular weight is 393 g/mol. The molecule has 1 fully saturated rings. The fourth-order valence-electron chi connectivity index (χ4n) is 3.96. The summed E-state index contributed by atoms with van der Waals surface area (Å²) in [6, 6.07) is 13.5. The number of para-hydroxylation sites is 1. The molecule has 1 atom stereocenters. The highest BCUT2D eigenvalue weighted by molar-refractivity contribution is 6.13. The standard InChI is InChI=1S/C22H23N3O4/c1-29-16-11-9-15(10-12-16)23-20(26)14-25-18-7-3-2-6-17(18)21(27)24-13-5-4-8-19(24)22(25)28/h2-3,6-7,9-12,19H,4-5,8,13-14H2,1H3,(H,23,26)/t19-/m0/s1. The average Bonchev–Trinajstić information content (AvgIpc) is 2.84. The van der Waals surface area contributed by atoms with E-state index in [9.17, 15) is 14.4 Å². The van der Waals surface area contributed by atoms with E-state index in [1.54, 1.807) is 60.5 Å². The van der Waals surface area contributed by atoms with Crippen LogP contribution in [-0.2, 0) is 9.59 Å². The van der Waals surface area contributed by atoms with Gasteiger partial charge in [0, 0.05) is 12.2 Å². The minimum Gasteiger partial charge on any atom is -0.497 e. The second kappa shape index (κ2) is 7.95. The van der Waals surface area contributed by atoms with Crippen LogP contribution in [0.2, 0.25) is 0 Å². The van der Waals surface area contributed by atoms with Crippen LogP contribution < -0.4 is 15.0 Å². The van der Waals surface area contributed by atoms with Crippen LogP contribution in [0.1, 0.15) is 29.6 Å². The third-order valence-electron chi connectivity index (χ3n) is 5.42. The lowest BCUT2D eigenvalue weighted by molar-refractivity contribution is -0.125. The van der Waals surface area contributed by atoms with Crippen molar-refractivity contribution in [1.82, 2.24) is 4.90 Å². The molecule has 0 aromatic heterocycles. The zero-order valence-electron chi connectivity index (χ0n) is 16.3. The third-order valence-corrected chi connectivity index (χ3v) is 5.42. The second-order valence-electron chi connectivity index (χ2n) is 7.23. The molecule has 1 saturated heterocycles. The van der Waals surface area contributed by atoms with E-state index in [4.69, 9.17) is 4.74 Å². The van der Waals surface area contributed by atoms with Gasteiger partial charge in [-0.25, -0.2) is 0 Å². The third kappa shape index (κ3) is 3.68. The number of nitrogens with zero attached hydrogens (tertiary/aromatic N) is 2. The molecule has 2 aromatic carbocycles. The topological polar surface area (TPSA) is 79.0 Å². The molecule has 29 heavy (non-hydrogen) atoms. The molecule has 2 aliphatic heterocycles. The zero-order chi connectivity index (χ0) is 20.4. The monoisotopic (exact) mass is 393 g/mol. The van der Waals surface area contributed by atoms with Gasteiger partial charge in [-0.15, -0.1) is 0 Å². The molecule has 0 radical (unpaired) electrons. The molecule has 4 rings (SSSR count). The van der Waals surface area contributed by atoms with E-state index in [2.05, 4.69) is 5.32 Å². The van der Waals surface area contributed by atoms with Crippen LogP contribution in [0.4, 0.5) is 11.4 Å². The van der Waals surface area contributed by atoms with Gasteiger partial charge in [0.2, 0.25) is 11.8 Å². The van der Waals surface area contributed by atoms with Crippen molar-refractivity contribution >= 4 is 29.1 Å². The first-order valence-electron chi connectivity index (χ1n) is 9.74. The Balaban J connectivity index is 1.60. The van der Waals surface area contributed by atoms with Gasteiger partial charge < -0.3 is 19.9 Å². The normalized spacial score (nSPS) is 18.6. The maximum absolute atomic E-state index is 13.3. The summed E-state index contributed by atoms with van der Waals surface area (Å²) >= 11 is 0. The molecule has 0 spiro atoms. The van der Waals surface area contributed by atoms with Crippen molar-refractivity contribution in [2.75, 3.05) is 30.4 Å². The molecule has 7 heteroatoms. The maximum atomic E-state index is 13.3. The lowest BCUT2D eigenvalue weighted by atomic mass is 10.0. The van der Waals surface area contributed by atoms with E-state index < -0.39 is 6.04 Å². The first-order chi connectivity index (χ1) is 14.1. The van der Waals surface area contributed by atoms with Gasteiger partial charge in [-0.1, -0.05) is 12.1 Å². The largest absolute Gasteiger partial charge is 0.497 e. The van der Waals surface area contributed by atoms with E-state index in [1.165, 1.54) is 4.90 Å². The van der Waals surface area contributed by atoms with Crippen molar-refractivity contribution in [2.24, 2.45) is 0 Å². The van der Waals surface area contributed by atoms with Crippen LogP contribution in [0.3, 0.4) is 0 Å². The summed E-state index contributed by atoms with van der Waals surface area (Å²) in [5.41, 5.74) is 1.56. The summed E-state index contributed by atoms with van der Waals surface area (Å²) < 4.78 is 5.12. The Kier molecular flexibility index (Phi) is 5.20. The van der Waals surface area contributed by atoms with Crippen molar-refractivity contribution in [1.29, 1.82) is 0 Å². The number of nitrogens with one attached hydrogen (secondary N) is 1. The van der Waals surface area contributed by atoms with Gasteiger partial charge >= 0.3 is 0 Å². The number of rotatable bonds is 4. The molecule has 2 aromatic rings. The quantitative estimate of drug-likeness (QED) is 0.866. The van der Waals surface area contributed by atoms with Gasteiger partial charge in [-0.05, 0) is 55.7 Å². The van der Waals surface area contributed by atoms with E-state index in [0.717, 1.165) is 12.8 Å². The van der Waals surface area contributed by atoms with Gasteiger partial charge in [0.25, 0.3) is 5.91 Å². The maximum Gasteiger partial charge on any atom is 0.256 e. The fourth-order valence-corrected chi connectivity index (χ4v) is 3.96. The van der Waals surface area contributed by atoms with Gasteiger partial charge in [0.05, 0.1) is 18.4 Å². The summed E-state index contributed by atoms with van der Waals surface area (Å²) in [6.45, 7) is 0.412.